The van der Waals surface area contributed by atoms with Gasteiger partial charge in [-0.15, -0.1) is 0 Å². The van der Waals surface area contributed by atoms with E-state index in [0.717, 1.165) is 16.7 Å². The molecule has 3 heterocycles. The van der Waals surface area contributed by atoms with Gasteiger partial charge >= 0.3 is 0 Å². The predicted molar refractivity (Wildman–Crippen MR) is 133 cm³/mol. The van der Waals surface area contributed by atoms with E-state index in [2.05, 4.69) is 29.6 Å². The van der Waals surface area contributed by atoms with Crippen LogP contribution in [-0.4, -0.2) is 62.8 Å². The quantitative estimate of drug-likeness (QED) is 0.613. The molecule has 3 aromatic carbocycles. The second-order valence-corrected chi connectivity index (χ2v) is 11.4. The van der Waals surface area contributed by atoms with E-state index in [0.29, 0.717) is 29.5 Å². The first kappa shape index (κ1) is 22.8. The number of aryl methyl sites for hydroxylation is 1. The molecule has 34 heavy (non-hydrogen) atoms. The van der Waals surface area contributed by atoms with Crippen molar-refractivity contribution in [1.29, 1.82) is 0 Å². The van der Waals surface area contributed by atoms with Crippen LogP contribution in [0.15, 0.2) is 77.7 Å². The van der Waals surface area contributed by atoms with Crippen molar-refractivity contribution in [2.24, 2.45) is 0 Å². The first-order valence-corrected chi connectivity index (χ1v) is 12.9. The Hall–Kier alpha value is -3.00. The van der Waals surface area contributed by atoms with Crippen LogP contribution in [0.3, 0.4) is 0 Å². The molecule has 1 amide bonds. The molecule has 0 saturated carbocycles. The van der Waals surface area contributed by atoms with Gasteiger partial charge in [0.1, 0.15) is 0 Å². The van der Waals surface area contributed by atoms with E-state index in [-0.39, 0.29) is 18.0 Å². The molecule has 2 bridgehead atoms. The van der Waals surface area contributed by atoms with Crippen molar-refractivity contribution in [3.05, 3.63) is 89.5 Å². The van der Waals surface area contributed by atoms with Crippen molar-refractivity contribution >= 4 is 15.9 Å². The third-order valence-corrected chi connectivity index (χ3v) is 8.77. The van der Waals surface area contributed by atoms with Gasteiger partial charge in [0.25, 0.3) is 5.91 Å². The Kier molecular flexibility index (Phi) is 5.80. The fourth-order valence-electron chi connectivity index (χ4n) is 4.97. The largest absolute Gasteiger partial charge is 0.345 e. The topological polar surface area (TPSA) is 69.7 Å². The number of hydrogen-bond donors (Lipinski definition) is 1. The average molecular weight is 476 g/mol. The summed E-state index contributed by atoms with van der Waals surface area (Å²) in [5.41, 5.74) is 5.09. The van der Waals surface area contributed by atoms with Gasteiger partial charge in [-0.3, -0.25) is 4.79 Å². The standard InChI is InChI=1S/C27H29N3O3S/c1-18-4-14-23(15-5-18)34(32,33)30-16-24-26(25(17-30)28-24)21-10-6-19(7-11-21)20-8-12-22(13-9-20)27(31)29(2)3/h4-15,24-26,28H,16-17H2,1-3H3/t24-,25+,26?. The number of rotatable bonds is 5. The summed E-state index contributed by atoms with van der Waals surface area (Å²) in [6, 6.07) is 23.4. The van der Waals surface area contributed by atoms with E-state index in [1.807, 2.05) is 43.3 Å². The fraction of sp³-hybridized carbons (Fsp3) is 0.296. The minimum atomic E-state index is -3.48. The molecule has 6 rings (SSSR count). The molecule has 1 unspecified atom stereocenters. The predicted octanol–water partition coefficient (Wildman–Crippen LogP) is 3.49. The lowest BCUT2D eigenvalue weighted by Crippen LogP contribution is -2.72. The normalized spacial score (nSPS) is 22.1. The molecular weight excluding hydrogens is 446 g/mol. The summed E-state index contributed by atoms with van der Waals surface area (Å²) in [5.74, 6) is 0.294. The minimum Gasteiger partial charge on any atom is -0.345 e. The Morgan fingerprint density at radius 3 is 1.91 bits per heavy atom. The maximum Gasteiger partial charge on any atom is 0.253 e. The highest BCUT2D eigenvalue weighted by atomic mass is 32.2. The Balaban J connectivity index is 1.28. The molecule has 1 N–H and O–H groups in total. The Morgan fingerprint density at radius 2 is 1.38 bits per heavy atom. The monoisotopic (exact) mass is 475 g/mol. The molecule has 0 aromatic heterocycles. The third kappa shape index (κ3) is 4.04. The number of nitrogens with one attached hydrogen (secondary N) is 1. The number of fused-ring (bicyclic) bond motifs is 2. The number of benzene rings is 3. The molecule has 3 aromatic rings. The number of sulfonamides is 1. The molecule has 0 aliphatic carbocycles. The van der Waals surface area contributed by atoms with Crippen LogP contribution in [0.2, 0.25) is 0 Å². The van der Waals surface area contributed by atoms with Gasteiger partial charge in [-0.2, -0.15) is 4.31 Å². The number of piperazine rings is 1. The smallest absolute Gasteiger partial charge is 0.253 e. The van der Waals surface area contributed by atoms with Gasteiger partial charge in [-0.05, 0) is 47.9 Å². The van der Waals surface area contributed by atoms with Gasteiger partial charge in [0.15, 0.2) is 0 Å². The van der Waals surface area contributed by atoms with E-state index < -0.39 is 10.0 Å². The van der Waals surface area contributed by atoms with Gasteiger partial charge in [0.2, 0.25) is 10.0 Å². The van der Waals surface area contributed by atoms with E-state index >= 15 is 0 Å². The summed E-state index contributed by atoms with van der Waals surface area (Å²) < 4.78 is 27.8. The summed E-state index contributed by atoms with van der Waals surface area (Å²) >= 11 is 0. The zero-order chi connectivity index (χ0) is 24.0. The molecular formula is C27H29N3O3S. The van der Waals surface area contributed by atoms with Gasteiger partial charge < -0.3 is 10.2 Å². The number of carbonyl (C=O) groups is 1. The molecule has 3 fully saturated rings. The summed E-state index contributed by atoms with van der Waals surface area (Å²) in [4.78, 5) is 14.0. The van der Waals surface area contributed by atoms with E-state index in [9.17, 15) is 13.2 Å². The van der Waals surface area contributed by atoms with Crippen LogP contribution in [0.4, 0.5) is 0 Å². The molecule has 3 aliphatic heterocycles. The van der Waals surface area contributed by atoms with Crippen LogP contribution in [0.1, 0.15) is 27.4 Å². The van der Waals surface area contributed by atoms with E-state index in [1.165, 1.54) is 5.56 Å². The SMILES string of the molecule is Cc1ccc(S(=O)(=O)N2C[C@@H]3N[C@H](C2)C3c2ccc(-c3ccc(C(=O)N(C)C)cc3)cc2)cc1. The van der Waals surface area contributed by atoms with Crippen LogP contribution in [0, 0.1) is 6.92 Å². The van der Waals surface area contributed by atoms with Gasteiger partial charge in [-0.25, -0.2) is 8.42 Å². The number of hydrogen-bond acceptors (Lipinski definition) is 4. The minimum absolute atomic E-state index is 0.00985. The summed E-state index contributed by atoms with van der Waals surface area (Å²) in [7, 11) is 0.0152. The third-order valence-electron chi connectivity index (χ3n) is 6.92. The molecule has 7 heteroatoms. The van der Waals surface area contributed by atoms with Crippen molar-refractivity contribution in [3.63, 3.8) is 0 Å². The molecule has 3 atom stereocenters. The second kappa shape index (κ2) is 8.65. The zero-order valence-electron chi connectivity index (χ0n) is 19.6. The zero-order valence-corrected chi connectivity index (χ0v) is 20.4. The first-order chi connectivity index (χ1) is 16.2. The highest BCUT2D eigenvalue weighted by Crippen LogP contribution is 2.39. The molecule has 3 aliphatic rings. The average Bonchev–Trinajstić information content (AvgIpc) is 2.84. The lowest BCUT2D eigenvalue weighted by molar-refractivity contribution is 0.0827. The van der Waals surface area contributed by atoms with Gasteiger partial charge in [0.05, 0.1) is 4.90 Å². The van der Waals surface area contributed by atoms with E-state index in [1.54, 1.807) is 35.4 Å². The number of carbonyl (C=O) groups excluding carboxylic acids is 1. The van der Waals surface area contributed by atoms with Gasteiger partial charge in [-0.1, -0.05) is 54.1 Å². The maximum atomic E-state index is 13.1. The van der Waals surface area contributed by atoms with Crippen LogP contribution in [0.5, 0.6) is 0 Å². The van der Waals surface area contributed by atoms with Crippen molar-refractivity contribution in [3.8, 4) is 11.1 Å². The molecule has 176 valence electrons. The highest BCUT2D eigenvalue weighted by molar-refractivity contribution is 7.89. The summed E-state index contributed by atoms with van der Waals surface area (Å²) in [6.07, 6.45) is 0. The lowest BCUT2D eigenvalue weighted by Gasteiger charge is -2.54. The van der Waals surface area contributed by atoms with Crippen molar-refractivity contribution in [1.82, 2.24) is 14.5 Å². The summed E-state index contributed by atoms with van der Waals surface area (Å²) in [6.45, 7) is 2.90. The van der Waals surface area contributed by atoms with Gasteiger partial charge in [0, 0.05) is 50.7 Å². The van der Waals surface area contributed by atoms with E-state index in [4.69, 9.17) is 0 Å². The molecule has 0 spiro atoms. The molecule has 0 radical (unpaired) electrons. The van der Waals surface area contributed by atoms with Crippen LogP contribution >= 0.6 is 0 Å². The van der Waals surface area contributed by atoms with Crippen LogP contribution in [-0.2, 0) is 10.0 Å². The highest BCUT2D eigenvalue weighted by Gasteiger charge is 2.49. The van der Waals surface area contributed by atoms with Crippen LogP contribution in [0.25, 0.3) is 11.1 Å². The first-order valence-electron chi connectivity index (χ1n) is 11.5. The molecule has 6 nitrogen and oxygen atoms in total. The lowest BCUT2D eigenvalue weighted by atomic mass is 9.75. The van der Waals surface area contributed by atoms with Crippen molar-refractivity contribution in [2.45, 2.75) is 29.8 Å². The Labute approximate surface area is 201 Å². The maximum absolute atomic E-state index is 13.1. The number of piperidine rings is 1. The number of amides is 1. The van der Waals surface area contributed by atoms with Crippen molar-refractivity contribution < 1.29 is 13.2 Å². The fourth-order valence-corrected chi connectivity index (χ4v) is 6.46. The van der Waals surface area contributed by atoms with Crippen molar-refractivity contribution in [2.75, 3.05) is 27.2 Å². The Morgan fingerprint density at radius 1 is 0.853 bits per heavy atom. The second-order valence-electron chi connectivity index (χ2n) is 9.44. The molecule has 3 saturated heterocycles. The Bertz CT molecular complexity index is 1290. The number of nitrogens with zero attached hydrogens (tertiary/aromatic N) is 2. The summed E-state index contributed by atoms with van der Waals surface area (Å²) in [5, 5.41) is 3.52. The van der Waals surface area contributed by atoms with Crippen LogP contribution < -0.4 is 5.32 Å².